The molecule has 3 aromatic heterocycles. The van der Waals surface area contributed by atoms with Crippen molar-refractivity contribution in [2.24, 2.45) is 0 Å². The summed E-state index contributed by atoms with van der Waals surface area (Å²) in [6, 6.07) is 3.54. The number of halogens is 3. The SMILES string of the molecule is Nc1ncc2c(F)cc(-c3cc(C(F)F)ccn3)n2n1.OC1CCCN(S)C1. The van der Waals surface area contributed by atoms with E-state index >= 15 is 0 Å². The van der Waals surface area contributed by atoms with Gasteiger partial charge in [0.15, 0.2) is 5.82 Å². The number of thiol groups is 1. The van der Waals surface area contributed by atoms with Crippen LogP contribution in [0.5, 0.6) is 0 Å². The van der Waals surface area contributed by atoms with Crippen molar-refractivity contribution in [3.8, 4) is 11.4 Å². The molecule has 0 aromatic carbocycles. The minimum atomic E-state index is -2.63. The minimum Gasteiger partial charge on any atom is -0.392 e. The van der Waals surface area contributed by atoms with Gasteiger partial charge in [0.1, 0.15) is 5.52 Å². The van der Waals surface area contributed by atoms with Crippen LogP contribution in [-0.4, -0.2) is 48.2 Å². The summed E-state index contributed by atoms with van der Waals surface area (Å²) in [5.74, 6) is -0.636. The number of rotatable bonds is 2. The van der Waals surface area contributed by atoms with E-state index in [0.717, 1.165) is 32.0 Å². The second-order valence-corrected chi connectivity index (χ2v) is 6.84. The molecule has 0 spiro atoms. The van der Waals surface area contributed by atoms with Crippen LogP contribution in [0.1, 0.15) is 24.8 Å². The van der Waals surface area contributed by atoms with Crippen molar-refractivity contribution in [1.29, 1.82) is 0 Å². The lowest BCUT2D eigenvalue weighted by molar-refractivity contribution is 0.113. The van der Waals surface area contributed by atoms with Crippen molar-refractivity contribution >= 4 is 24.3 Å². The standard InChI is InChI=1S/C12H8F3N5.C5H11NOS/c13-7-4-9(20-10(7)5-18-12(16)19-20)8-3-6(11(14)15)1-2-17-8;7-5-2-1-3-6(8)4-5/h1-5,11H,(H2,16,19);5,7-8H,1-4H2. The predicted octanol–water partition coefficient (Wildman–Crippen LogP) is 2.74. The van der Waals surface area contributed by atoms with Crippen LogP contribution in [0.15, 0.2) is 30.6 Å². The molecule has 3 N–H and O–H groups in total. The Bertz CT molecular complexity index is 946. The molecule has 0 aliphatic carbocycles. The average Bonchev–Trinajstić information content (AvgIpc) is 2.98. The molecule has 28 heavy (non-hydrogen) atoms. The molecule has 1 fully saturated rings. The Morgan fingerprint density at radius 3 is 2.71 bits per heavy atom. The van der Waals surface area contributed by atoms with Crippen LogP contribution in [0, 0.1) is 5.82 Å². The normalized spacial score (nSPS) is 17.6. The highest BCUT2D eigenvalue weighted by Gasteiger charge is 2.16. The van der Waals surface area contributed by atoms with E-state index in [1.807, 2.05) is 4.31 Å². The number of hydrogen-bond acceptors (Lipinski definition) is 7. The summed E-state index contributed by atoms with van der Waals surface area (Å²) in [7, 11) is 0. The van der Waals surface area contributed by atoms with Crippen molar-refractivity contribution in [1.82, 2.24) is 23.9 Å². The largest absolute Gasteiger partial charge is 0.392 e. The first-order valence-electron chi connectivity index (χ1n) is 8.51. The maximum Gasteiger partial charge on any atom is 0.263 e. The maximum atomic E-state index is 13.8. The smallest absolute Gasteiger partial charge is 0.263 e. The van der Waals surface area contributed by atoms with Gasteiger partial charge in [0.05, 0.1) is 23.7 Å². The molecule has 7 nitrogen and oxygen atoms in total. The molecular formula is C17H19F3N6OS. The number of alkyl halides is 2. The van der Waals surface area contributed by atoms with Crippen LogP contribution in [0.4, 0.5) is 19.1 Å². The van der Waals surface area contributed by atoms with Gasteiger partial charge < -0.3 is 10.8 Å². The Balaban J connectivity index is 0.000000236. The molecule has 1 aliphatic rings. The van der Waals surface area contributed by atoms with Gasteiger partial charge in [-0.2, -0.15) is 0 Å². The van der Waals surface area contributed by atoms with Gasteiger partial charge in [0.2, 0.25) is 5.95 Å². The fraction of sp³-hybridized carbons (Fsp3) is 0.353. The van der Waals surface area contributed by atoms with Gasteiger partial charge in [-0.25, -0.2) is 22.7 Å². The fourth-order valence-corrected chi connectivity index (χ4v) is 3.14. The molecule has 1 aliphatic heterocycles. The first-order chi connectivity index (χ1) is 13.3. The highest BCUT2D eigenvalue weighted by molar-refractivity contribution is 7.77. The number of aliphatic hydroxyl groups excluding tert-OH is 1. The number of anilines is 1. The van der Waals surface area contributed by atoms with Crippen LogP contribution in [-0.2, 0) is 0 Å². The van der Waals surface area contributed by atoms with E-state index in [2.05, 4.69) is 27.9 Å². The topological polar surface area (TPSA) is 92.6 Å². The number of aliphatic hydroxyl groups is 1. The maximum absolute atomic E-state index is 13.8. The summed E-state index contributed by atoms with van der Waals surface area (Å²) in [5.41, 5.74) is 5.76. The molecule has 150 valence electrons. The van der Waals surface area contributed by atoms with Crippen molar-refractivity contribution in [3.63, 3.8) is 0 Å². The summed E-state index contributed by atoms with van der Waals surface area (Å²) >= 11 is 4.09. The van der Waals surface area contributed by atoms with E-state index in [9.17, 15) is 13.2 Å². The molecule has 11 heteroatoms. The third kappa shape index (κ3) is 4.72. The van der Waals surface area contributed by atoms with Gasteiger partial charge >= 0.3 is 0 Å². The number of nitrogens with two attached hydrogens (primary N) is 1. The molecule has 1 atom stereocenters. The Kier molecular flexibility index (Phi) is 6.37. The number of hydrogen-bond donors (Lipinski definition) is 3. The number of nitrogens with zero attached hydrogens (tertiary/aromatic N) is 5. The van der Waals surface area contributed by atoms with Gasteiger partial charge in [0.25, 0.3) is 6.43 Å². The number of aromatic nitrogens is 4. The zero-order valence-electron chi connectivity index (χ0n) is 14.7. The van der Waals surface area contributed by atoms with E-state index in [4.69, 9.17) is 10.8 Å². The van der Waals surface area contributed by atoms with Crippen molar-refractivity contribution in [3.05, 3.63) is 42.0 Å². The first-order valence-corrected chi connectivity index (χ1v) is 8.91. The summed E-state index contributed by atoms with van der Waals surface area (Å²) in [4.78, 5) is 7.65. The van der Waals surface area contributed by atoms with Gasteiger partial charge in [-0.3, -0.25) is 9.29 Å². The number of fused-ring (bicyclic) bond motifs is 1. The van der Waals surface area contributed by atoms with Gasteiger partial charge in [0, 0.05) is 30.9 Å². The lowest BCUT2D eigenvalue weighted by Gasteiger charge is -2.24. The van der Waals surface area contributed by atoms with E-state index in [-0.39, 0.29) is 34.5 Å². The van der Waals surface area contributed by atoms with Crippen LogP contribution in [0.2, 0.25) is 0 Å². The summed E-state index contributed by atoms with van der Waals surface area (Å²) in [5, 5.41) is 12.9. The van der Waals surface area contributed by atoms with E-state index < -0.39 is 12.2 Å². The van der Waals surface area contributed by atoms with Crippen LogP contribution >= 0.6 is 12.8 Å². The molecule has 0 bridgehead atoms. The van der Waals surface area contributed by atoms with Gasteiger partial charge in [-0.05, 0) is 25.0 Å². The first kappa shape index (κ1) is 20.4. The molecule has 4 heterocycles. The average molecular weight is 412 g/mol. The van der Waals surface area contributed by atoms with Gasteiger partial charge in [-0.1, -0.05) is 12.8 Å². The van der Waals surface area contributed by atoms with Crippen molar-refractivity contribution < 1.29 is 18.3 Å². The third-order valence-corrected chi connectivity index (χ3v) is 4.52. The molecule has 1 saturated heterocycles. The molecule has 3 aromatic rings. The molecule has 0 amide bonds. The number of pyridine rings is 1. The Morgan fingerprint density at radius 2 is 2.07 bits per heavy atom. The van der Waals surface area contributed by atoms with Crippen molar-refractivity contribution in [2.75, 3.05) is 18.8 Å². The van der Waals surface area contributed by atoms with E-state index in [1.54, 1.807) is 0 Å². The summed E-state index contributed by atoms with van der Waals surface area (Å²) in [6.07, 6.45) is 1.70. The predicted molar refractivity (Wildman–Crippen MR) is 101 cm³/mol. The minimum absolute atomic E-state index is 0.0561. The second kappa shape index (κ2) is 8.76. The monoisotopic (exact) mass is 412 g/mol. The highest BCUT2D eigenvalue weighted by atomic mass is 32.1. The number of nitrogen functional groups attached to an aromatic ring is 1. The quantitative estimate of drug-likeness (QED) is 0.561. The Hall–Kier alpha value is -2.37. The number of piperidine rings is 1. The second-order valence-electron chi connectivity index (χ2n) is 6.27. The van der Waals surface area contributed by atoms with E-state index in [0.29, 0.717) is 0 Å². The number of β-amino-alcohol motifs (C(OH)–C–C–N with tert-alkyl or cyclic N) is 1. The van der Waals surface area contributed by atoms with Crippen LogP contribution < -0.4 is 5.73 Å². The van der Waals surface area contributed by atoms with Crippen molar-refractivity contribution in [2.45, 2.75) is 25.4 Å². The zero-order valence-corrected chi connectivity index (χ0v) is 15.6. The lowest BCUT2D eigenvalue weighted by atomic mass is 10.1. The molecule has 0 saturated carbocycles. The van der Waals surface area contributed by atoms with Crippen LogP contribution in [0.25, 0.3) is 16.9 Å². The third-order valence-electron chi connectivity index (χ3n) is 4.16. The summed E-state index contributed by atoms with van der Waals surface area (Å²) in [6.45, 7) is 1.74. The fourth-order valence-electron chi connectivity index (χ4n) is 2.81. The Labute approximate surface area is 164 Å². The lowest BCUT2D eigenvalue weighted by Crippen LogP contribution is -2.31. The van der Waals surface area contributed by atoms with Gasteiger partial charge in [-0.15, -0.1) is 5.10 Å². The molecule has 4 rings (SSSR count). The molecule has 0 radical (unpaired) electrons. The molecular weight excluding hydrogens is 393 g/mol. The Morgan fingerprint density at radius 1 is 1.29 bits per heavy atom. The molecule has 1 unspecified atom stereocenters. The highest BCUT2D eigenvalue weighted by Crippen LogP contribution is 2.26. The zero-order chi connectivity index (χ0) is 20.3. The summed E-state index contributed by atoms with van der Waals surface area (Å²) < 4.78 is 42.2. The van der Waals surface area contributed by atoms with E-state index in [1.165, 1.54) is 29.0 Å². The van der Waals surface area contributed by atoms with Crippen LogP contribution in [0.3, 0.4) is 0 Å².